The van der Waals surface area contributed by atoms with Gasteiger partial charge in [-0.05, 0) is 6.42 Å². The molecule has 74 valence electrons. The highest BCUT2D eigenvalue weighted by Crippen LogP contribution is 2.15. The molecular weight excluding hydrogens is 222 g/mol. The molecule has 14 heavy (non-hydrogen) atoms. The Bertz CT molecular complexity index is 387. The Kier molecular flexibility index (Phi) is 3.10. The van der Waals surface area contributed by atoms with Crippen LogP contribution < -0.4 is 0 Å². The lowest BCUT2D eigenvalue weighted by atomic mass is 10.3. The van der Waals surface area contributed by atoms with Gasteiger partial charge in [0.1, 0.15) is 5.69 Å². The predicted molar refractivity (Wildman–Crippen MR) is 54.4 cm³/mol. The first-order chi connectivity index (χ1) is 6.90. The highest BCUT2D eigenvalue weighted by Gasteiger charge is 2.09. The van der Waals surface area contributed by atoms with Gasteiger partial charge in [0.05, 0.1) is 5.51 Å². The zero-order valence-electron chi connectivity index (χ0n) is 7.31. The summed E-state index contributed by atoms with van der Waals surface area (Å²) in [6.45, 7) is 0. The van der Waals surface area contributed by atoms with E-state index in [0.29, 0.717) is 17.6 Å². The summed E-state index contributed by atoms with van der Waals surface area (Å²) in [4.78, 5) is 8.29. The van der Waals surface area contributed by atoms with Crippen molar-refractivity contribution >= 4 is 22.9 Å². The third kappa shape index (κ3) is 2.10. The van der Waals surface area contributed by atoms with Crippen molar-refractivity contribution < 1.29 is 4.52 Å². The number of hydrogen-bond acceptors (Lipinski definition) is 5. The van der Waals surface area contributed by atoms with Gasteiger partial charge in [-0.1, -0.05) is 5.16 Å². The Hall–Kier alpha value is -0.940. The second kappa shape index (κ2) is 4.52. The van der Waals surface area contributed by atoms with Crippen LogP contribution in [0, 0.1) is 0 Å². The van der Waals surface area contributed by atoms with Gasteiger partial charge in [-0.25, -0.2) is 4.98 Å². The van der Waals surface area contributed by atoms with Gasteiger partial charge in [0, 0.05) is 17.7 Å². The third-order valence-electron chi connectivity index (χ3n) is 1.65. The van der Waals surface area contributed by atoms with Crippen LogP contribution in [-0.2, 0) is 6.42 Å². The van der Waals surface area contributed by atoms with E-state index >= 15 is 0 Å². The van der Waals surface area contributed by atoms with E-state index < -0.39 is 0 Å². The summed E-state index contributed by atoms with van der Waals surface area (Å²) >= 11 is 7.06. The fourth-order valence-electron chi connectivity index (χ4n) is 1.00. The second-order valence-electron chi connectivity index (χ2n) is 2.68. The van der Waals surface area contributed by atoms with Gasteiger partial charge < -0.3 is 4.52 Å². The second-order valence-corrected chi connectivity index (χ2v) is 3.77. The van der Waals surface area contributed by atoms with Crippen molar-refractivity contribution in [3.05, 3.63) is 16.8 Å². The van der Waals surface area contributed by atoms with E-state index in [1.807, 2.05) is 5.38 Å². The molecule has 0 saturated carbocycles. The normalized spacial score (nSPS) is 10.6. The molecule has 0 unspecified atom stereocenters. The van der Waals surface area contributed by atoms with Gasteiger partial charge in [0.25, 0.3) is 0 Å². The predicted octanol–water partition coefficient (Wildman–Crippen LogP) is 2.36. The molecule has 4 nitrogen and oxygen atoms in total. The number of nitrogens with zero attached hydrogens (tertiary/aromatic N) is 3. The van der Waals surface area contributed by atoms with Gasteiger partial charge in [0.15, 0.2) is 0 Å². The van der Waals surface area contributed by atoms with E-state index in [1.54, 1.807) is 5.51 Å². The Labute approximate surface area is 89.9 Å². The van der Waals surface area contributed by atoms with Crippen molar-refractivity contribution in [1.29, 1.82) is 0 Å². The highest BCUT2D eigenvalue weighted by atomic mass is 35.5. The maximum atomic E-state index is 5.56. The molecular formula is C8H8ClN3OS. The third-order valence-corrected chi connectivity index (χ3v) is 2.51. The van der Waals surface area contributed by atoms with Crippen molar-refractivity contribution in [3.63, 3.8) is 0 Å². The first kappa shape index (κ1) is 9.61. The van der Waals surface area contributed by atoms with Gasteiger partial charge in [-0.2, -0.15) is 4.98 Å². The SMILES string of the molecule is ClCCCc1nc(-c2cscn2)no1. The maximum absolute atomic E-state index is 5.56. The van der Waals surface area contributed by atoms with E-state index in [2.05, 4.69) is 15.1 Å². The van der Waals surface area contributed by atoms with Crippen molar-refractivity contribution in [2.75, 3.05) is 5.88 Å². The molecule has 2 aromatic heterocycles. The summed E-state index contributed by atoms with van der Waals surface area (Å²) in [6, 6.07) is 0. The highest BCUT2D eigenvalue weighted by molar-refractivity contribution is 7.07. The Morgan fingerprint density at radius 3 is 3.14 bits per heavy atom. The molecule has 0 bridgehead atoms. The quantitative estimate of drug-likeness (QED) is 0.756. The molecule has 0 aliphatic heterocycles. The number of hydrogen-bond donors (Lipinski definition) is 0. The molecule has 0 aliphatic rings. The molecule has 0 spiro atoms. The molecule has 0 aliphatic carbocycles. The van der Waals surface area contributed by atoms with Crippen molar-refractivity contribution in [1.82, 2.24) is 15.1 Å². The average Bonchev–Trinajstić information content (AvgIpc) is 2.85. The Morgan fingerprint density at radius 1 is 1.50 bits per heavy atom. The van der Waals surface area contributed by atoms with E-state index in [9.17, 15) is 0 Å². The minimum Gasteiger partial charge on any atom is -0.339 e. The van der Waals surface area contributed by atoms with Gasteiger partial charge in [0.2, 0.25) is 11.7 Å². The maximum Gasteiger partial charge on any atom is 0.227 e. The van der Waals surface area contributed by atoms with Crippen LogP contribution in [0.4, 0.5) is 0 Å². The average molecular weight is 230 g/mol. The summed E-state index contributed by atoms with van der Waals surface area (Å²) in [6.07, 6.45) is 1.57. The molecule has 0 N–H and O–H groups in total. The van der Waals surface area contributed by atoms with Crippen LogP contribution in [0.3, 0.4) is 0 Å². The fraction of sp³-hybridized carbons (Fsp3) is 0.375. The Morgan fingerprint density at radius 2 is 2.43 bits per heavy atom. The molecule has 6 heteroatoms. The fourth-order valence-corrected chi connectivity index (χ4v) is 1.67. The van der Waals surface area contributed by atoms with Crippen molar-refractivity contribution in [3.8, 4) is 11.5 Å². The van der Waals surface area contributed by atoms with Crippen LogP contribution in [-0.4, -0.2) is 21.0 Å². The smallest absolute Gasteiger partial charge is 0.227 e. The van der Waals surface area contributed by atoms with Gasteiger partial charge in [-0.15, -0.1) is 22.9 Å². The number of aryl methyl sites for hydroxylation is 1. The van der Waals surface area contributed by atoms with Crippen LogP contribution in [0.25, 0.3) is 11.5 Å². The molecule has 2 heterocycles. The lowest BCUT2D eigenvalue weighted by Gasteiger charge is -1.86. The van der Waals surface area contributed by atoms with Crippen LogP contribution in [0.2, 0.25) is 0 Å². The topological polar surface area (TPSA) is 51.8 Å². The lowest BCUT2D eigenvalue weighted by Crippen LogP contribution is -1.86. The molecule has 0 amide bonds. The molecule has 0 fully saturated rings. The summed E-state index contributed by atoms with van der Waals surface area (Å²) in [5.74, 6) is 1.78. The van der Waals surface area contributed by atoms with Gasteiger partial charge in [-0.3, -0.25) is 0 Å². The number of thiazole rings is 1. The molecule has 0 aromatic carbocycles. The number of alkyl halides is 1. The van der Waals surface area contributed by atoms with E-state index in [0.717, 1.165) is 18.5 Å². The molecule has 0 atom stereocenters. The summed E-state index contributed by atoms with van der Waals surface area (Å²) < 4.78 is 5.04. The van der Waals surface area contributed by atoms with E-state index in [1.165, 1.54) is 11.3 Å². The molecule has 0 radical (unpaired) electrons. The minimum atomic E-state index is 0.552. The molecule has 2 aromatic rings. The first-order valence-electron chi connectivity index (χ1n) is 4.17. The van der Waals surface area contributed by atoms with Crippen molar-refractivity contribution in [2.24, 2.45) is 0 Å². The molecule has 2 rings (SSSR count). The summed E-state index contributed by atoms with van der Waals surface area (Å²) in [5.41, 5.74) is 2.50. The van der Waals surface area contributed by atoms with Crippen LogP contribution >= 0.6 is 22.9 Å². The zero-order valence-corrected chi connectivity index (χ0v) is 8.88. The lowest BCUT2D eigenvalue weighted by molar-refractivity contribution is 0.378. The largest absolute Gasteiger partial charge is 0.339 e. The monoisotopic (exact) mass is 229 g/mol. The number of halogens is 1. The summed E-state index contributed by atoms with van der Waals surface area (Å²) in [7, 11) is 0. The molecule has 0 saturated heterocycles. The van der Waals surface area contributed by atoms with Crippen molar-refractivity contribution in [2.45, 2.75) is 12.8 Å². The van der Waals surface area contributed by atoms with E-state index in [-0.39, 0.29) is 0 Å². The van der Waals surface area contributed by atoms with Crippen LogP contribution in [0.1, 0.15) is 12.3 Å². The number of rotatable bonds is 4. The standard InChI is InChI=1S/C8H8ClN3OS/c9-3-1-2-7-11-8(12-13-7)6-4-14-5-10-6/h4-5H,1-3H2. The van der Waals surface area contributed by atoms with Gasteiger partial charge >= 0.3 is 0 Å². The van der Waals surface area contributed by atoms with E-state index in [4.69, 9.17) is 16.1 Å². The first-order valence-corrected chi connectivity index (χ1v) is 5.65. The van der Waals surface area contributed by atoms with Crippen LogP contribution in [0.5, 0.6) is 0 Å². The number of aromatic nitrogens is 3. The Balaban J connectivity index is 2.10. The minimum absolute atomic E-state index is 0.552. The van der Waals surface area contributed by atoms with Crippen LogP contribution in [0.15, 0.2) is 15.4 Å². The summed E-state index contributed by atoms with van der Waals surface area (Å²) in [5, 5.41) is 5.71. The zero-order chi connectivity index (χ0) is 9.80.